The molecule has 1 heterocycles. The monoisotopic (exact) mass is 195 g/mol. The molecule has 14 heavy (non-hydrogen) atoms. The molecule has 0 aromatic heterocycles. The number of nitrogens with zero attached hydrogens (tertiary/aromatic N) is 3. The molecule has 1 fully saturated rings. The van der Waals surface area contributed by atoms with Crippen LogP contribution in [0.15, 0.2) is 0 Å². The van der Waals surface area contributed by atoms with Crippen molar-refractivity contribution in [3.05, 3.63) is 0 Å². The van der Waals surface area contributed by atoms with Gasteiger partial charge in [-0.25, -0.2) is 0 Å². The smallest absolute Gasteiger partial charge is 0.0638 e. The fraction of sp³-hybridized carbons (Fsp3) is 0.909. The molecular formula is C11H21N3. The molecule has 2 unspecified atom stereocenters. The lowest BCUT2D eigenvalue weighted by molar-refractivity contribution is 0.0702. The summed E-state index contributed by atoms with van der Waals surface area (Å²) in [7, 11) is 2.12. The Bertz CT molecular complexity index is 209. The standard InChI is InChI=1S/C11H21N3/c1-4-10(2)14-8-7-13(3)11(9-14)5-6-12/h10-11H,4-5,7-9H2,1-3H3. The first-order valence-corrected chi connectivity index (χ1v) is 5.50. The van der Waals surface area contributed by atoms with Crippen LogP contribution in [0.3, 0.4) is 0 Å². The molecule has 1 aliphatic heterocycles. The first-order valence-electron chi connectivity index (χ1n) is 5.50. The van der Waals surface area contributed by atoms with Crippen LogP contribution in [0.2, 0.25) is 0 Å². The fourth-order valence-corrected chi connectivity index (χ4v) is 1.95. The van der Waals surface area contributed by atoms with E-state index in [0.717, 1.165) is 19.6 Å². The summed E-state index contributed by atoms with van der Waals surface area (Å²) in [6.45, 7) is 7.79. The average molecular weight is 195 g/mol. The fourth-order valence-electron chi connectivity index (χ4n) is 1.95. The third-order valence-electron chi connectivity index (χ3n) is 3.35. The number of rotatable bonds is 3. The molecule has 2 atom stereocenters. The van der Waals surface area contributed by atoms with Gasteiger partial charge >= 0.3 is 0 Å². The van der Waals surface area contributed by atoms with Crippen molar-refractivity contribution < 1.29 is 0 Å². The van der Waals surface area contributed by atoms with E-state index >= 15 is 0 Å². The summed E-state index contributed by atoms with van der Waals surface area (Å²) in [5.74, 6) is 0. The molecule has 0 aliphatic carbocycles. The molecule has 0 amide bonds. The number of hydrogen-bond donors (Lipinski definition) is 0. The maximum atomic E-state index is 8.72. The predicted octanol–water partition coefficient (Wildman–Crippen LogP) is 1.31. The largest absolute Gasteiger partial charge is 0.300 e. The van der Waals surface area contributed by atoms with Crippen LogP contribution in [-0.4, -0.2) is 48.6 Å². The number of piperazine rings is 1. The molecule has 0 saturated carbocycles. The molecule has 0 spiro atoms. The van der Waals surface area contributed by atoms with Crippen LogP contribution in [0.5, 0.6) is 0 Å². The Morgan fingerprint density at radius 1 is 1.50 bits per heavy atom. The molecule has 0 bridgehead atoms. The highest BCUT2D eigenvalue weighted by molar-refractivity contribution is 4.88. The molecule has 1 rings (SSSR count). The van der Waals surface area contributed by atoms with Crippen LogP contribution in [0, 0.1) is 11.3 Å². The summed E-state index contributed by atoms with van der Waals surface area (Å²) in [6, 6.07) is 3.37. The minimum Gasteiger partial charge on any atom is -0.300 e. The van der Waals surface area contributed by atoms with Gasteiger partial charge in [-0.1, -0.05) is 6.92 Å². The van der Waals surface area contributed by atoms with Gasteiger partial charge in [-0.2, -0.15) is 5.26 Å². The van der Waals surface area contributed by atoms with E-state index in [1.165, 1.54) is 6.42 Å². The summed E-state index contributed by atoms with van der Waals surface area (Å²) < 4.78 is 0. The van der Waals surface area contributed by atoms with Crippen LogP contribution in [0.4, 0.5) is 0 Å². The minimum absolute atomic E-state index is 0.433. The van der Waals surface area contributed by atoms with E-state index in [2.05, 4.69) is 36.8 Å². The third-order valence-corrected chi connectivity index (χ3v) is 3.35. The van der Waals surface area contributed by atoms with Crippen LogP contribution in [-0.2, 0) is 0 Å². The van der Waals surface area contributed by atoms with Gasteiger partial charge in [-0.05, 0) is 20.4 Å². The molecule has 80 valence electrons. The van der Waals surface area contributed by atoms with Crippen molar-refractivity contribution in [1.82, 2.24) is 9.80 Å². The van der Waals surface area contributed by atoms with Gasteiger partial charge in [-0.15, -0.1) is 0 Å². The van der Waals surface area contributed by atoms with Gasteiger partial charge in [0.25, 0.3) is 0 Å². The molecule has 1 saturated heterocycles. The third kappa shape index (κ3) is 2.70. The van der Waals surface area contributed by atoms with Gasteiger partial charge < -0.3 is 0 Å². The second-order valence-electron chi connectivity index (χ2n) is 4.25. The zero-order valence-electron chi connectivity index (χ0n) is 9.53. The molecular weight excluding hydrogens is 174 g/mol. The van der Waals surface area contributed by atoms with Gasteiger partial charge in [-0.3, -0.25) is 9.80 Å². The van der Waals surface area contributed by atoms with E-state index in [1.807, 2.05) is 0 Å². The van der Waals surface area contributed by atoms with Crippen LogP contribution in [0.25, 0.3) is 0 Å². The molecule has 0 N–H and O–H groups in total. The first kappa shape index (κ1) is 11.5. The number of likely N-dealkylation sites (N-methyl/N-ethyl adjacent to an activating group) is 1. The lowest BCUT2D eigenvalue weighted by Crippen LogP contribution is -2.53. The normalized spacial score (nSPS) is 27.1. The van der Waals surface area contributed by atoms with Gasteiger partial charge in [0.15, 0.2) is 0 Å². The Morgan fingerprint density at radius 3 is 2.79 bits per heavy atom. The second-order valence-corrected chi connectivity index (χ2v) is 4.25. The maximum absolute atomic E-state index is 8.72. The van der Waals surface area contributed by atoms with E-state index in [0.29, 0.717) is 18.5 Å². The molecule has 0 aromatic rings. The topological polar surface area (TPSA) is 30.3 Å². The van der Waals surface area contributed by atoms with Gasteiger partial charge in [0.05, 0.1) is 12.5 Å². The summed E-state index contributed by atoms with van der Waals surface area (Å²) in [6.07, 6.45) is 1.85. The summed E-state index contributed by atoms with van der Waals surface area (Å²) in [5.41, 5.74) is 0. The van der Waals surface area contributed by atoms with Gasteiger partial charge in [0, 0.05) is 31.7 Å². The maximum Gasteiger partial charge on any atom is 0.0638 e. The van der Waals surface area contributed by atoms with E-state index in [-0.39, 0.29) is 0 Å². The van der Waals surface area contributed by atoms with E-state index in [1.54, 1.807) is 0 Å². The molecule has 0 aromatic carbocycles. The lowest BCUT2D eigenvalue weighted by atomic mass is 10.1. The van der Waals surface area contributed by atoms with Crippen molar-refractivity contribution in [2.45, 2.75) is 38.8 Å². The minimum atomic E-state index is 0.433. The highest BCUT2D eigenvalue weighted by atomic mass is 15.3. The van der Waals surface area contributed by atoms with Crippen molar-refractivity contribution in [2.24, 2.45) is 0 Å². The zero-order valence-corrected chi connectivity index (χ0v) is 9.53. The first-order chi connectivity index (χ1) is 6.69. The highest BCUT2D eigenvalue weighted by Gasteiger charge is 2.25. The Labute approximate surface area is 87.3 Å². The zero-order chi connectivity index (χ0) is 10.6. The van der Waals surface area contributed by atoms with Crippen LogP contribution < -0.4 is 0 Å². The Balaban J connectivity index is 2.49. The Kier molecular flexibility index (Phi) is 4.37. The van der Waals surface area contributed by atoms with E-state index in [4.69, 9.17) is 5.26 Å². The van der Waals surface area contributed by atoms with Gasteiger partial charge in [0.2, 0.25) is 0 Å². The van der Waals surface area contributed by atoms with Crippen molar-refractivity contribution in [1.29, 1.82) is 5.26 Å². The lowest BCUT2D eigenvalue weighted by Gasteiger charge is -2.41. The molecule has 0 radical (unpaired) electrons. The van der Waals surface area contributed by atoms with Crippen molar-refractivity contribution in [2.75, 3.05) is 26.7 Å². The van der Waals surface area contributed by atoms with Crippen molar-refractivity contribution in [3.8, 4) is 6.07 Å². The molecule has 3 nitrogen and oxygen atoms in total. The Hall–Kier alpha value is -0.590. The summed E-state index contributed by atoms with van der Waals surface area (Å²) >= 11 is 0. The van der Waals surface area contributed by atoms with Gasteiger partial charge in [0.1, 0.15) is 0 Å². The van der Waals surface area contributed by atoms with Crippen LogP contribution >= 0.6 is 0 Å². The number of nitriles is 1. The second kappa shape index (κ2) is 5.33. The predicted molar refractivity (Wildman–Crippen MR) is 58.0 cm³/mol. The van der Waals surface area contributed by atoms with Crippen LogP contribution in [0.1, 0.15) is 26.7 Å². The van der Waals surface area contributed by atoms with E-state index < -0.39 is 0 Å². The molecule has 1 aliphatic rings. The summed E-state index contributed by atoms with van der Waals surface area (Å²) in [5, 5.41) is 8.72. The summed E-state index contributed by atoms with van der Waals surface area (Å²) in [4.78, 5) is 4.81. The number of hydrogen-bond acceptors (Lipinski definition) is 3. The van der Waals surface area contributed by atoms with E-state index in [9.17, 15) is 0 Å². The van der Waals surface area contributed by atoms with Crippen molar-refractivity contribution >= 4 is 0 Å². The Morgan fingerprint density at radius 2 is 2.21 bits per heavy atom. The van der Waals surface area contributed by atoms with Crippen molar-refractivity contribution in [3.63, 3.8) is 0 Å². The average Bonchev–Trinajstić information content (AvgIpc) is 2.20. The molecule has 3 heteroatoms. The quantitative estimate of drug-likeness (QED) is 0.680. The SMILES string of the molecule is CCC(C)N1CCN(C)C(CC#N)C1. The highest BCUT2D eigenvalue weighted by Crippen LogP contribution is 2.14.